The Morgan fingerprint density at radius 1 is 1.29 bits per heavy atom. The first-order valence-corrected chi connectivity index (χ1v) is 7.50. The molecule has 2 atom stereocenters. The number of benzene rings is 1. The fraction of sp³-hybridized carbons (Fsp3) is 0.562. The predicted molar refractivity (Wildman–Crippen MR) is 95.9 cm³/mol. The van der Waals surface area contributed by atoms with Crippen LogP contribution in [0.2, 0.25) is 0 Å². The molecule has 5 heteroatoms. The third-order valence-electron chi connectivity index (χ3n) is 4.31. The second kappa shape index (κ2) is 7.45. The minimum atomic E-state index is -0.218. The molecule has 21 heavy (non-hydrogen) atoms. The summed E-state index contributed by atoms with van der Waals surface area (Å²) in [6.07, 6.45) is 0.847. The molecule has 2 unspecified atom stereocenters. The van der Waals surface area contributed by atoms with Gasteiger partial charge in [0, 0.05) is 32.1 Å². The maximum atomic E-state index is 9.73. The molecule has 116 valence electrons. The largest absolute Gasteiger partial charge is 0.393 e. The Morgan fingerprint density at radius 2 is 2.05 bits per heavy atom. The Morgan fingerprint density at radius 3 is 2.71 bits per heavy atom. The number of hydrogen-bond donors (Lipinski definition) is 1. The van der Waals surface area contributed by atoms with Crippen molar-refractivity contribution in [3.8, 4) is 0 Å². The van der Waals surface area contributed by atoms with Gasteiger partial charge >= 0.3 is 0 Å². The molecule has 2 heterocycles. The van der Waals surface area contributed by atoms with Crippen LogP contribution < -0.4 is 0 Å². The Balaban J connectivity index is 0.00000161. The van der Waals surface area contributed by atoms with Crippen molar-refractivity contribution in [3.63, 3.8) is 0 Å². The van der Waals surface area contributed by atoms with Gasteiger partial charge in [0.05, 0.1) is 12.6 Å². The molecule has 4 nitrogen and oxygen atoms in total. The molecule has 0 bridgehead atoms. The van der Waals surface area contributed by atoms with Crippen molar-refractivity contribution in [3.05, 3.63) is 35.9 Å². The van der Waals surface area contributed by atoms with Crippen LogP contribution in [0.4, 0.5) is 0 Å². The summed E-state index contributed by atoms with van der Waals surface area (Å²) < 4.78 is 0. The van der Waals surface area contributed by atoms with Gasteiger partial charge in [-0.25, -0.2) is 0 Å². The molecule has 0 radical (unpaired) electrons. The van der Waals surface area contributed by atoms with Gasteiger partial charge in [-0.15, -0.1) is 24.0 Å². The zero-order valence-corrected chi connectivity index (χ0v) is 14.8. The van der Waals surface area contributed by atoms with E-state index in [9.17, 15) is 5.11 Å². The molecule has 3 rings (SSSR count). The first-order valence-electron chi connectivity index (χ1n) is 7.50. The van der Waals surface area contributed by atoms with Crippen LogP contribution in [0.25, 0.3) is 0 Å². The molecule has 2 aliphatic heterocycles. The van der Waals surface area contributed by atoms with Gasteiger partial charge in [0.2, 0.25) is 0 Å². The second-order valence-electron chi connectivity index (χ2n) is 5.82. The van der Waals surface area contributed by atoms with Crippen molar-refractivity contribution in [1.29, 1.82) is 0 Å². The monoisotopic (exact) mass is 401 g/mol. The van der Waals surface area contributed by atoms with Gasteiger partial charge in [0.25, 0.3) is 0 Å². The molecule has 0 saturated carbocycles. The summed E-state index contributed by atoms with van der Waals surface area (Å²) >= 11 is 0. The normalized spacial score (nSPS) is 23.0. The van der Waals surface area contributed by atoms with E-state index in [-0.39, 0.29) is 30.1 Å². The molecule has 1 fully saturated rings. The molecule has 1 aromatic carbocycles. The zero-order chi connectivity index (χ0) is 13.9. The van der Waals surface area contributed by atoms with Crippen LogP contribution in [0, 0.1) is 5.92 Å². The number of rotatable bonds is 3. The van der Waals surface area contributed by atoms with Gasteiger partial charge in [-0.2, -0.15) is 0 Å². The van der Waals surface area contributed by atoms with E-state index in [4.69, 9.17) is 0 Å². The maximum Gasteiger partial charge on any atom is 0.197 e. The molecule has 0 spiro atoms. The van der Waals surface area contributed by atoms with Crippen LogP contribution in [0.3, 0.4) is 0 Å². The van der Waals surface area contributed by atoms with Crippen molar-refractivity contribution < 1.29 is 5.11 Å². The van der Waals surface area contributed by atoms with Gasteiger partial charge in [0.1, 0.15) is 0 Å². The highest BCUT2D eigenvalue weighted by Gasteiger charge is 2.31. The summed E-state index contributed by atoms with van der Waals surface area (Å²) in [6.45, 7) is 6.65. The topological polar surface area (TPSA) is 39.1 Å². The van der Waals surface area contributed by atoms with E-state index in [0.717, 1.165) is 45.1 Å². The van der Waals surface area contributed by atoms with Gasteiger partial charge in [-0.1, -0.05) is 30.3 Å². The molecule has 1 N–H and O–H groups in total. The summed E-state index contributed by atoms with van der Waals surface area (Å²) in [4.78, 5) is 9.38. The predicted octanol–water partition coefficient (Wildman–Crippen LogP) is 2.18. The average Bonchev–Trinajstić information content (AvgIpc) is 3.08. The van der Waals surface area contributed by atoms with E-state index in [1.807, 2.05) is 6.92 Å². The smallest absolute Gasteiger partial charge is 0.197 e. The van der Waals surface area contributed by atoms with Crippen molar-refractivity contribution in [2.45, 2.75) is 26.0 Å². The number of aliphatic imine (C=N–C) groups is 1. The van der Waals surface area contributed by atoms with Crippen molar-refractivity contribution in [1.82, 2.24) is 9.80 Å². The van der Waals surface area contributed by atoms with Crippen LogP contribution >= 0.6 is 24.0 Å². The highest BCUT2D eigenvalue weighted by Crippen LogP contribution is 2.23. The Kier molecular flexibility index (Phi) is 5.87. The molecular weight excluding hydrogens is 377 g/mol. The summed E-state index contributed by atoms with van der Waals surface area (Å²) in [5.74, 6) is 1.51. The quantitative estimate of drug-likeness (QED) is 0.790. The summed E-state index contributed by atoms with van der Waals surface area (Å²) in [6, 6.07) is 10.6. The standard InChI is InChI=1S/C16H23N3O.HI/c1-13(20)15-7-9-18(12-15)16-17-8-10-19(16)11-14-5-3-2-4-6-14;/h2-6,13,15,20H,7-12H2,1H3;1H. The van der Waals surface area contributed by atoms with E-state index in [1.165, 1.54) is 5.56 Å². The lowest BCUT2D eigenvalue weighted by molar-refractivity contribution is 0.131. The highest BCUT2D eigenvalue weighted by molar-refractivity contribution is 14.0. The Bertz CT molecular complexity index is 478. The van der Waals surface area contributed by atoms with Crippen LogP contribution in [0.15, 0.2) is 35.3 Å². The molecule has 1 aromatic rings. The summed E-state index contributed by atoms with van der Waals surface area (Å²) in [5.41, 5.74) is 1.33. The average molecular weight is 401 g/mol. The minimum Gasteiger partial charge on any atom is -0.393 e. The number of halogens is 1. The third-order valence-corrected chi connectivity index (χ3v) is 4.31. The van der Waals surface area contributed by atoms with Gasteiger partial charge in [0.15, 0.2) is 5.96 Å². The van der Waals surface area contributed by atoms with Crippen molar-refractivity contribution in [2.24, 2.45) is 10.9 Å². The van der Waals surface area contributed by atoms with Crippen LogP contribution in [-0.4, -0.2) is 53.1 Å². The van der Waals surface area contributed by atoms with Gasteiger partial charge < -0.3 is 14.9 Å². The van der Waals surface area contributed by atoms with Crippen molar-refractivity contribution >= 4 is 29.9 Å². The number of hydrogen-bond acceptors (Lipinski definition) is 4. The first-order chi connectivity index (χ1) is 9.74. The van der Waals surface area contributed by atoms with E-state index in [1.54, 1.807) is 0 Å². The number of guanidine groups is 1. The van der Waals surface area contributed by atoms with E-state index < -0.39 is 0 Å². The van der Waals surface area contributed by atoms with Crippen molar-refractivity contribution in [2.75, 3.05) is 26.2 Å². The molecule has 0 aliphatic carbocycles. The third kappa shape index (κ3) is 3.88. The summed E-state index contributed by atoms with van der Waals surface area (Å²) in [5, 5.41) is 9.73. The molecule has 0 amide bonds. The van der Waals surface area contributed by atoms with Gasteiger partial charge in [-0.05, 0) is 18.9 Å². The maximum absolute atomic E-state index is 9.73. The van der Waals surface area contributed by atoms with Crippen LogP contribution in [0.5, 0.6) is 0 Å². The number of nitrogens with zero attached hydrogens (tertiary/aromatic N) is 3. The lowest BCUT2D eigenvalue weighted by atomic mass is 10.0. The lowest BCUT2D eigenvalue weighted by Crippen LogP contribution is -2.40. The first kappa shape index (κ1) is 16.5. The highest BCUT2D eigenvalue weighted by atomic mass is 127. The molecular formula is C16H24IN3O. The van der Waals surface area contributed by atoms with E-state index in [0.29, 0.717) is 5.92 Å². The fourth-order valence-electron chi connectivity index (χ4n) is 3.09. The number of aliphatic hydroxyl groups excluding tert-OH is 1. The SMILES string of the molecule is CC(O)C1CCN(C2=NCCN2Cc2ccccc2)C1.I. The van der Waals surface area contributed by atoms with E-state index in [2.05, 4.69) is 45.1 Å². The number of likely N-dealkylation sites (tertiary alicyclic amines) is 1. The van der Waals surface area contributed by atoms with Crippen LogP contribution in [-0.2, 0) is 6.54 Å². The molecule has 1 saturated heterocycles. The lowest BCUT2D eigenvalue weighted by Gasteiger charge is -2.28. The Labute approximate surface area is 143 Å². The zero-order valence-electron chi connectivity index (χ0n) is 12.5. The Hall–Kier alpha value is -0.820. The minimum absolute atomic E-state index is 0. The molecule has 2 aliphatic rings. The fourth-order valence-corrected chi connectivity index (χ4v) is 3.09. The van der Waals surface area contributed by atoms with Gasteiger partial charge in [-0.3, -0.25) is 4.99 Å². The molecule has 0 aromatic heterocycles. The summed E-state index contributed by atoms with van der Waals surface area (Å²) in [7, 11) is 0. The van der Waals surface area contributed by atoms with Crippen LogP contribution in [0.1, 0.15) is 18.9 Å². The van der Waals surface area contributed by atoms with E-state index >= 15 is 0 Å². The number of aliphatic hydroxyl groups is 1. The second-order valence-corrected chi connectivity index (χ2v) is 5.82.